The van der Waals surface area contributed by atoms with Gasteiger partial charge in [-0.15, -0.1) is 0 Å². The molecule has 27 heavy (non-hydrogen) atoms. The predicted molar refractivity (Wildman–Crippen MR) is 94.8 cm³/mol. The van der Waals surface area contributed by atoms with Crippen molar-refractivity contribution in [3.05, 3.63) is 59.2 Å². The number of fused-ring (bicyclic) bond motifs is 1. The number of anilines is 1. The standard InChI is InChI=1S/C19H16N2O6/c1-21-18(24)14-7-6-11(8-15(14)19(21)25)17(23)20-12-4-3-5-13(9-12)27-10-16(22)26-2/h3-9H,10H2,1-2H3,(H,20,23). The molecule has 138 valence electrons. The summed E-state index contributed by atoms with van der Waals surface area (Å²) in [6, 6.07) is 10.8. The fourth-order valence-electron chi connectivity index (χ4n) is 2.57. The summed E-state index contributed by atoms with van der Waals surface area (Å²) in [4.78, 5) is 48.6. The van der Waals surface area contributed by atoms with Gasteiger partial charge in [0.2, 0.25) is 0 Å². The van der Waals surface area contributed by atoms with Gasteiger partial charge in [0.15, 0.2) is 6.61 Å². The van der Waals surface area contributed by atoms with Gasteiger partial charge in [-0.3, -0.25) is 19.3 Å². The molecule has 3 amide bonds. The highest BCUT2D eigenvalue weighted by Crippen LogP contribution is 2.24. The van der Waals surface area contributed by atoms with Crippen LogP contribution in [0.25, 0.3) is 0 Å². The van der Waals surface area contributed by atoms with E-state index in [0.717, 1.165) is 4.90 Å². The maximum absolute atomic E-state index is 12.5. The molecule has 1 aliphatic heterocycles. The highest BCUT2D eigenvalue weighted by Gasteiger charge is 2.33. The molecule has 1 heterocycles. The van der Waals surface area contributed by atoms with Crippen molar-refractivity contribution in [2.24, 2.45) is 0 Å². The lowest BCUT2D eigenvalue weighted by molar-refractivity contribution is -0.142. The molecule has 1 N–H and O–H groups in total. The van der Waals surface area contributed by atoms with E-state index in [-0.39, 0.29) is 23.3 Å². The molecule has 0 radical (unpaired) electrons. The van der Waals surface area contributed by atoms with Crippen molar-refractivity contribution in [3.8, 4) is 5.75 Å². The molecular formula is C19H16N2O6. The molecule has 0 atom stereocenters. The Bertz CT molecular complexity index is 953. The third-order valence-electron chi connectivity index (χ3n) is 4.03. The van der Waals surface area contributed by atoms with Gasteiger partial charge in [0.25, 0.3) is 17.7 Å². The number of carbonyl (C=O) groups excluding carboxylic acids is 4. The number of methoxy groups -OCH3 is 1. The van der Waals surface area contributed by atoms with Crippen molar-refractivity contribution < 1.29 is 28.7 Å². The molecule has 1 aliphatic rings. The monoisotopic (exact) mass is 368 g/mol. The summed E-state index contributed by atoms with van der Waals surface area (Å²) < 4.78 is 9.77. The fourth-order valence-corrected chi connectivity index (χ4v) is 2.57. The minimum absolute atomic E-state index is 0.199. The number of hydrogen-bond acceptors (Lipinski definition) is 6. The highest BCUT2D eigenvalue weighted by atomic mass is 16.6. The van der Waals surface area contributed by atoms with Crippen LogP contribution in [0.2, 0.25) is 0 Å². The molecule has 8 heteroatoms. The second-order valence-electron chi connectivity index (χ2n) is 5.78. The maximum Gasteiger partial charge on any atom is 0.343 e. The van der Waals surface area contributed by atoms with Crippen molar-refractivity contribution in [2.75, 3.05) is 26.1 Å². The Balaban J connectivity index is 1.74. The predicted octanol–water partition coefficient (Wildman–Crippen LogP) is 1.72. The zero-order valence-electron chi connectivity index (χ0n) is 14.6. The van der Waals surface area contributed by atoms with Gasteiger partial charge in [0, 0.05) is 24.4 Å². The molecule has 0 bridgehead atoms. The van der Waals surface area contributed by atoms with Crippen LogP contribution >= 0.6 is 0 Å². The van der Waals surface area contributed by atoms with E-state index < -0.39 is 23.7 Å². The number of nitrogens with one attached hydrogen (secondary N) is 1. The lowest BCUT2D eigenvalue weighted by Crippen LogP contribution is -2.24. The Morgan fingerprint density at radius 2 is 1.78 bits per heavy atom. The number of ether oxygens (including phenoxy) is 2. The van der Waals surface area contributed by atoms with Crippen LogP contribution in [0, 0.1) is 0 Å². The quantitative estimate of drug-likeness (QED) is 0.637. The molecule has 2 aromatic carbocycles. The minimum atomic E-state index is -0.522. The first-order valence-corrected chi connectivity index (χ1v) is 7.98. The van der Waals surface area contributed by atoms with Crippen LogP contribution in [0.15, 0.2) is 42.5 Å². The number of nitrogens with zero attached hydrogens (tertiary/aromatic N) is 1. The average Bonchev–Trinajstić information content (AvgIpc) is 2.90. The average molecular weight is 368 g/mol. The van der Waals surface area contributed by atoms with E-state index in [2.05, 4.69) is 10.1 Å². The number of imide groups is 1. The first-order chi connectivity index (χ1) is 12.9. The van der Waals surface area contributed by atoms with Gasteiger partial charge in [-0.1, -0.05) is 6.07 Å². The summed E-state index contributed by atoms with van der Waals surface area (Å²) in [5, 5.41) is 2.68. The lowest BCUT2D eigenvalue weighted by atomic mass is 10.1. The van der Waals surface area contributed by atoms with Crippen LogP contribution < -0.4 is 10.1 Å². The summed E-state index contributed by atoms with van der Waals surface area (Å²) in [5.41, 5.74) is 1.16. The van der Waals surface area contributed by atoms with E-state index in [1.807, 2.05) is 0 Å². The third-order valence-corrected chi connectivity index (χ3v) is 4.03. The molecule has 0 aliphatic carbocycles. The maximum atomic E-state index is 12.5. The molecule has 0 fully saturated rings. The van der Waals surface area contributed by atoms with Crippen LogP contribution in [0.4, 0.5) is 5.69 Å². The Labute approximate surface area is 154 Å². The molecule has 0 saturated carbocycles. The van der Waals surface area contributed by atoms with Gasteiger partial charge in [-0.2, -0.15) is 0 Å². The molecule has 8 nitrogen and oxygen atoms in total. The highest BCUT2D eigenvalue weighted by molar-refractivity contribution is 6.22. The molecule has 0 spiro atoms. The van der Waals surface area contributed by atoms with Crippen LogP contribution in [0.5, 0.6) is 5.75 Å². The first kappa shape index (κ1) is 18.1. The SMILES string of the molecule is COC(=O)COc1cccc(NC(=O)c2ccc3c(c2)C(=O)N(C)C3=O)c1. The van der Waals surface area contributed by atoms with Crippen LogP contribution in [0.3, 0.4) is 0 Å². The largest absolute Gasteiger partial charge is 0.482 e. The van der Waals surface area contributed by atoms with Gasteiger partial charge in [0.05, 0.1) is 18.2 Å². The third kappa shape index (κ3) is 3.64. The lowest BCUT2D eigenvalue weighted by Gasteiger charge is -2.09. The van der Waals surface area contributed by atoms with E-state index in [1.54, 1.807) is 24.3 Å². The number of benzene rings is 2. The Kier molecular flexibility index (Phi) is 4.89. The second kappa shape index (κ2) is 7.28. The smallest absolute Gasteiger partial charge is 0.343 e. The van der Waals surface area contributed by atoms with Gasteiger partial charge in [-0.25, -0.2) is 4.79 Å². The zero-order valence-corrected chi connectivity index (χ0v) is 14.6. The number of esters is 1. The number of carbonyl (C=O) groups is 4. The zero-order chi connectivity index (χ0) is 19.6. The molecule has 3 rings (SSSR count). The van der Waals surface area contributed by atoms with E-state index in [9.17, 15) is 19.2 Å². The van der Waals surface area contributed by atoms with Crippen molar-refractivity contribution in [2.45, 2.75) is 0 Å². The van der Waals surface area contributed by atoms with Crippen molar-refractivity contribution in [3.63, 3.8) is 0 Å². The number of rotatable bonds is 5. The number of amides is 3. The first-order valence-electron chi connectivity index (χ1n) is 7.98. The summed E-state index contributed by atoms with van der Waals surface area (Å²) in [7, 11) is 2.65. The molecule has 2 aromatic rings. The van der Waals surface area contributed by atoms with Gasteiger partial charge in [0.1, 0.15) is 5.75 Å². The fraction of sp³-hybridized carbons (Fsp3) is 0.158. The van der Waals surface area contributed by atoms with Crippen LogP contribution in [-0.4, -0.2) is 49.4 Å². The normalized spacial score (nSPS) is 12.6. The Morgan fingerprint density at radius 1 is 1.04 bits per heavy atom. The van der Waals surface area contributed by atoms with Crippen LogP contribution in [-0.2, 0) is 9.53 Å². The second-order valence-corrected chi connectivity index (χ2v) is 5.78. The van der Waals surface area contributed by atoms with Crippen molar-refractivity contribution in [1.82, 2.24) is 4.90 Å². The van der Waals surface area contributed by atoms with Gasteiger partial charge < -0.3 is 14.8 Å². The van der Waals surface area contributed by atoms with E-state index >= 15 is 0 Å². The summed E-state index contributed by atoms with van der Waals surface area (Å²) in [6.45, 7) is -0.248. The van der Waals surface area contributed by atoms with E-state index in [0.29, 0.717) is 11.4 Å². The Hall–Kier alpha value is -3.68. The summed E-state index contributed by atoms with van der Waals surface area (Å²) in [6.07, 6.45) is 0. The molecule has 0 unspecified atom stereocenters. The summed E-state index contributed by atoms with van der Waals surface area (Å²) >= 11 is 0. The Morgan fingerprint density at radius 3 is 2.52 bits per heavy atom. The van der Waals surface area contributed by atoms with Gasteiger partial charge in [-0.05, 0) is 30.3 Å². The van der Waals surface area contributed by atoms with Gasteiger partial charge >= 0.3 is 5.97 Å². The molecular weight excluding hydrogens is 352 g/mol. The summed E-state index contributed by atoms with van der Waals surface area (Å²) in [5.74, 6) is -1.42. The van der Waals surface area contributed by atoms with Crippen molar-refractivity contribution in [1.29, 1.82) is 0 Å². The van der Waals surface area contributed by atoms with E-state index in [4.69, 9.17) is 4.74 Å². The van der Waals surface area contributed by atoms with E-state index in [1.165, 1.54) is 32.4 Å². The molecule has 0 aromatic heterocycles. The topological polar surface area (TPSA) is 102 Å². The molecule has 0 saturated heterocycles. The minimum Gasteiger partial charge on any atom is -0.482 e. The number of hydrogen-bond donors (Lipinski definition) is 1. The van der Waals surface area contributed by atoms with Crippen LogP contribution in [0.1, 0.15) is 31.1 Å². The van der Waals surface area contributed by atoms with Crippen molar-refractivity contribution >= 4 is 29.4 Å².